The lowest BCUT2D eigenvalue weighted by atomic mass is 10.1. The van der Waals surface area contributed by atoms with E-state index in [0.29, 0.717) is 22.7 Å². The molecule has 22 heavy (non-hydrogen) atoms. The maximum atomic E-state index is 11.9. The summed E-state index contributed by atoms with van der Waals surface area (Å²) in [6.07, 6.45) is 1.52. The molecule has 1 aromatic heterocycles. The van der Waals surface area contributed by atoms with Gasteiger partial charge in [-0.05, 0) is 42.1 Å². The Morgan fingerprint density at radius 2 is 1.77 bits per heavy atom. The number of nitrogens with two attached hydrogens (primary N) is 1. The van der Waals surface area contributed by atoms with Crippen molar-refractivity contribution in [2.24, 2.45) is 5.73 Å². The number of rotatable bonds is 6. The number of nitrogens with one attached hydrogen (secondary N) is 2. The van der Waals surface area contributed by atoms with Crippen LogP contribution in [0, 0.1) is 0 Å². The third-order valence-electron chi connectivity index (χ3n) is 3.09. The standard InChI is InChI=1S/C16H19N3O2S/c1-2-4-13(17)15(20)18-11-6-8-12(9-7-11)19-16(21)14-5-3-10-22-14/h3,5-10,13H,2,4,17H2,1H3,(H,18,20)(H,19,21). The molecule has 1 heterocycles. The molecule has 1 aromatic carbocycles. The summed E-state index contributed by atoms with van der Waals surface area (Å²) in [5.41, 5.74) is 7.09. The van der Waals surface area contributed by atoms with Crippen molar-refractivity contribution < 1.29 is 9.59 Å². The zero-order chi connectivity index (χ0) is 15.9. The SMILES string of the molecule is CCCC(N)C(=O)Nc1ccc(NC(=O)c2cccs2)cc1. The Labute approximate surface area is 133 Å². The average molecular weight is 317 g/mol. The van der Waals surface area contributed by atoms with Crippen LogP contribution in [0.4, 0.5) is 11.4 Å². The van der Waals surface area contributed by atoms with Crippen LogP contribution in [0.3, 0.4) is 0 Å². The Morgan fingerprint density at radius 1 is 1.14 bits per heavy atom. The second kappa shape index (κ2) is 7.72. The Kier molecular flexibility index (Phi) is 5.68. The maximum absolute atomic E-state index is 11.9. The molecule has 0 fully saturated rings. The van der Waals surface area contributed by atoms with Crippen molar-refractivity contribution in [2.75, 3.05) is 10.6 Å². The molecule has 0 saturated heterocycles. The lowest BCUT2D eigenvalue weighted by Gasteiger charge is -2.11. The largest absolute Gasteiger partial charge is 0.325 e. The van der Waals surface area contributed by atoms with Crippen LogP contribution in [0.1, 0.15) is 29.4 Å². The van der Waals surface area contributed by atoms with Gasteiger partial charge in [-0.15, -0.1) is 11.3 Å². The predicted octanol–water partition coefficient (Wildman–Crippen LogP) is 3.07. The first-order valence-corrected chi connectivity index (χ1v) is 7.99. The number of hydrogen-bond donors (Lipinski definition) is 3. The number of carbonyl (C=O) groups is 2. The number of carbonyl (C=O) groups excluding carboxylic acids is 2. The molecule has 0 aliphatic rings. The highest BCUT2D eigenvalue weighted by Crippen LogP contribution is 2.16. The highest BCUT2D eigenvalue weighted by Gasteiger charge is 2.12. The van der Waals surface area contributed by atoms with E-state index in [4.69, 9.17) is 5.73 Å². The first-order valence-electron chi connectivity index (χ1n) is 7.11. The van der Waals surface area contributed by atoms with Crippen LogP contribution in [0.5, 0.6) is 0 Å². The minimum absolute atomic E-state index is 0.142. The van der Waals surface area contributed by atoms with Crippen LogP contribution in [-0.2, 0) is 4.79 Å². The van der Waals surface area contributed by atoms with E-state index in [1.807, 2.05) is 18.4 Å². The number of benzene rings is 1. The van der Waals surface area contributed by atoms with Gasteiger partial charge in [-0.25, -0.2) is 0 Å². The molecule has 116 valence electrons. The van der Waals surface area contributed by atoms with Crippen molar-refractivity contribution >= 4 is 34.5 Å². The van der Waals surface area contributed by atoms with E-state index in [1.165, 1.54) is 11.3 Å². The lowest BCUT2D eigenvalue weighted by Crippen LogP contribution is -2.35. The van der Waals surface area contributed by atoms with Crippen LogP contribution in [0.2, 0.25) is 0 Å². The summed E-state index contributed by atoms with van der Waals surface area (Å²) < 4.78 is 0. The van der Waals surface area contributed by atoms with Gasteiger partial charge in [0.2, 0.25) is 5.91 Å². The van der Waals surface area contributed by atoms with Crippen molar-refractivity contribution in [3.8, 4) is 0 Å². The molecule has 1 atom stereocenters. The third kappa shape index (κ3) is 4.41. The third-order valence-corrected chi connectivity index (χ3v) is 3.96. The number of anilines is 2. The molecule has 2 rings (SSSR count). The first kappa shape index (κ1) is 16.2. The summed E-state index contributed by atoms with van der Waals surface area (Å²) in [5, 5.41) is 7.42. The van der Waals surface area contributed by atoms with Crippen molar-refractivity contribution in [3.05, 3.63) is 46.7 Å². The fraction of sp³-hybridized carbons (Fsp3) is 0.250. The molecule has 0 bridgehead atoms. The van der Waals surface area contributed by atoms with Crippen LogP contribution < -0.4 is 16.4 Å². The lowest BCUT2D eigenvalue weighted by molar-refractivity contribution is -0.117. The van der Waals surface area contributed by atoms with Gasteiger partial charge < -0.3 is 16.4 Å². The van der Waals surface area contributed by atoms with Gasteiger partial charge in [0.05, 0.1) is 10.9 Å². The molecule has 1 unspecified atom stereocenters. The highest BCUT2D eigenvalue weighted by atomic mass is 32.1. The Bertz CT molecular complexity index is 623. The molecule has 0 aliphatic heterocycles. The summed E-state index contributed by atoms with van der Waals surface area (Å²) in [5.74, 6) is -0.339. The zero-order valence-electron chi connectivity index (χ0n) is 12.3. The molecule has 0 aliphatic carbocycles. The fourth-order valence-electron chi connectivity index (χ4n) is 1.91. The topological polar surface area (TPSA) is 84.2 Å². The van der Waals surface area contributed by atoms with Gasteiger partial charge in [0, 0.05) is 11.4 Å². The first-order chi connectivity index (χ1) is 10.6. The monoisotopic (exact) mass is 317 g/mol. The maximum Gasteiger partial charge on any atom is 0.265 e. The van der Waals surface area contributed by atoms with Crippen LogP contribution >= 0.6 is 11.3 Å². The molecule has 2 amide bonds. The number of hydrogen-bond acceptors (Lipinski definition) is 4. The molecule has 4 N–H and O–H groups in total. The number of amides is 2. The minimum Gasteiger partial charge on any atom is -0.325 e. The second-order valence-electron chi connectivity index (χ2n) is 4.89. The van der Waals surface area contributed by atoms with Crippen molar-refractivity contribution in [1.29, 1.82) is 0 Å². The zero-order valence-corrected chi connectivity index (χ0v) is 13.2. The smallest absolute Gasteiger partial charge is 0.265 e. The highest BCUT2D eigenvalue weighted by molar-refractivity contribution is 7.12. The van der Waals surface area contributed by atoms with E-state index in [2.05, 4.69) is 10.6 Å². The van der Waals surface area contributed by atoms with Crippen molar-refractivity contribution in [2.45, 2.75) is 25.8 Å². The molecular weight excluding hydrogens is 298 g/mol. The van der Waals surface area contributed by atoms with Gasteiger partial charge in [0.1, 0.15) is 0 Å². The minimum atomic E-state index is -0.497. The van der Waals surface area contributed by atoms with Gasteiger partial charge in [-0.2, -0.15) is 0 Å². The fourth-order valence-corrected chi connectivity index (χ4v) is 2.53. The van der Waals surface area contributed by atoms with E-state index >= 15 is 0 Å². The number of thiophene rings is 1. The van der Waals surface area contributed by atoms with Gasteiger partial charge >= 0.3 is 0 Å². The summed E-state index contributed by atoms with van der Waals surface area (Å²) in [6, 6.07) is 10.1. The molecule has 2 aromatic rings. The summed E-state index contributed by atoms with van der Waals surface area (Å²) in [7, 11) is 0. The van der Waals surface area contributed by atoms with E-state index in [0.717, 1.165) is 6.42 Å². The van der Waals surface area contributed by atoms with Crippen LogP contribution in [0.25, 0.3) is 0 Å². The van der Waals surface area contributed by atoms with E-state index < -0.39 is 6.04 Å². The predicted molar refractivity (Wildman–Crippen MR) is 90.2 cm³/mol. The average Bonchev–Trinajstić information content (AvgIpc) is 3.04. The van der Waals surface area contributed by atoms with E-state index in [1.54, 1.807) is 30.3 Å². The molecule has 5 nitrogen and oxygen atoms in total. The van der Waals surface area contributed by atoms with Gasteiger partial charge in [-0.3, -0.25) is 9.59 Å². The summed E-state index contributed by atoms with van der Waals surface area (Å²) in [4.78, 5) is 24.4. The quantitative estimate of drug-likeness (QED) is 0.765. The van der Waals surface area contributed by atoms with Gasteiger partial charge in [-0.1, -0.05) is 19.4 Å². The Morgan fingerprint density at radius 3 is 2.32 bits per heavy atom. The molecular formula is C16H19N3O2S. The van der Waals surface area contributed by atoms with Crippen molar-refractivity contribution in [1.82, 2.24) is 0 Å². The summed E-state index contributed by atoms with van der Waals surface area (Å²) in [6.45, 7) is 1.98. The van der Waals surface area contributed by atoms with E-state index in [9.17, 15) is 9.59 Å². The molecule has 0 radical (unpaired) electrons. The second-order valence-corrected chi connectivity index (χ2v) is 5.84. The normalized spacial score (nSPS) is 11.7. The van der Waals surface area contributed by atoms with Crippen molar-refractivity contribution in [3.63, 3.8) is 0 Å². The summed E-state index contributed by atoms with van der Waals surface area (Å²) >= 11 is 1.39. The molecule has 6 heteroatoms. The van der Waals surface area contributed by atoms with Crippen LogP contribution in [-0.4, -0.2) is 17.9 Å². The Balaban J connectivity index is 1.93. The molecule has 0 spiro atoms. The van der Waals surface area contributed by atoms with Gasteiger partial charge in [0.15, 0.2) is 0 Å². The Hall–Kier alpha value is -2.18. The molecule has 0 saturated carbocycles. The van der Waals surface area contributed by atoms with E-state index in [-0.39, 0.29) is 11.8 Å². The van der Waals surface area contributed by atoms with Crippen LogP contribution in [0.15, 0.2) is 41.8 Å². The van der Waals surface area contributed by atoms with Gasteiger partial charge in [0.25, 0.3) is 5.91 Å².